The summed E-state index contributed by atoms with van der Waals surface area (Å²) in [4.78, 5) is 42.1. The van der Waals surface area contributed by atoms with E-state index in [9.17, 15) is 14.4 Å². The van der Waals surface area contributed by atoms with Crippen molar-refractivity contribution in [1.29, 1.82) is 0 Å². The number of aromatic amines is 1. The zero-order chi connectivity index (χ0) is 21.8. The number of aryl methyl sites for hydroxylation is 1. The van der Waals surface area contributed by atoms with E-state index in [1.54, 1.807) is 12.3 Å². The van der Waals surface area contributed by atoms with Crippen molar-refractivity contribution in [3.8, 4) is 0 Å². The van der Waals surface area contributed by atoms with Crippen LogP contribution in [0.4, 0.5) is 11.5 Å². The summed E-state index contributed by atoms with van der Waals surface area (Å²) in [5, 5.41) is 0. The molecule has 3 aromatic rings. The van der Waals surface area contributed by atoms with Crippen LogP contribution in [0.2, 0.25) is 0 Å². The fourth-order valence-electron chi connectivity index (χ4n) is 3.24. The van der Waals surface area contributed by atoms with E-state index in [0.717, 1.165) is 11.3 Å². The second-order valence-corrected chi connectivity index (χ2v) is 6.94. The average Bonchev–Trinajstić information content (AvgIpc) is 3.05. The predicted molar refractivity (Wildman–Crippen MR) is 115 cm³/mol. The predicted octanol–water partition coefficient (Wildman–Crippen LogP) is 1.26. The van der Waals surface area contributed by atoms with E-state index in [1.807, 2.05) is 48.9 Å². The second kappa shape index (κ2) is 8.83. The molecule has 0 aliphatic heterocycles. The molecule has 9 nitrogen and oxygen atoms in total. The number of nitrogens with two attached hydrogens (primary N) is 1. The molecular formula is C21H25N5O4. The third-order valence-electron chi connectivity index (χ3n) is 5.05. The Bertz CT molecular complexity index is 1160. The summed E-state index contributed by atoms with van der Waals surface area (Å²) in [5.41, 5.74) is 6.80. The summed E-state index contributed by atoms with van der Waals surface area (Å²) >= 11 is 0. The van der Waals surface area contributed by atoms with Gasteiger partial charge in [0.15, 0.2) is 5.69 Å². The molecular weight excluding hydrogens is 386 g/mol. The first-order chi connectivity index (χ1) is 14.3. The van der Waals surface area contributed by atoms with Gasteiger partial charge in [-0.1, -0.05) is 30.3 Å². The Labute approximate surface area is 173 Å². The Morgan fingerprint density at radius 2 is 1.90 bits per heavy atom. The summed E-state index contributed by atoms with van der Waals surface area (Å²) in [6.45, 7) is 2.30. The van der Waals surface area contributed by atoms with Gasteiger partial charge in [0.1, 0.15) is 5.82 Å². The van der Waals surface area contributed by atoms with Gasteiger partial charge in [0.25, 0.3) is 11.5 Å². The van der Waals surface area contributed by atoms with Gasteiger partial charge in [0.2, 0.25) is 0 Å². The summed E-state index contributed by atoms with van der Waals surface area (Å²) in [7, 11) is 3.33. The van der Waals surface area contributed by atoms with Crippen molar-refractivity contribution in [2.75, 3.05) is 24.4 Å². The number of carbonyl (C=O) groups excluding carboxylic acids is 1. The van der Waals surface area contributed by atoms with Gasteiger partial charge in [-0.3, -0.25) is 24.0 Å². The number of nitrogens with zero attached hydrogens (tertiary/aromatic N) is 3. The molecule has 9 heteroatoms. The summed E-state index contributed by atoms with van der Waals surface area (Å²) in [5.74, 6) is -0.468. The molecule has 0 aliphatic carbocycles. The molecule has 3 rings (SSSR count). The number of amides is 1. The monoisotopic (exact) mass is 411 g/mol. The van der Waals surface area contributed by atoms with Crippen LogP contribution in [0.15, 0.2) is 52.2 Å². The van der Waals surface area contributed by atoms with Crippen LogP contribution >= 0.6 is 0 Å². The molecule has 0 aliphatic rings. The minimum absolute atomic E-state index is 0.0668. The molecule has 1 aromatic carbocycles. The molecule has 0 saturated heterocycles. The van der Waals surface area contributed by atoms with E-state index in [1.165, 1.54) is 16.6 Å². The van der Waals surface area contributed by atoms with Crippen LogP contribution in [0, 0.1) is 6.92 Å². The largest absolute Gasteiger partial charge is 0.383 e. The first-order valence-electron chi connectivity index (χ1n) is 9.44. The molecule has 158 valence electrons. The van der Waals surface area contributed by atoms with Gasteiger partial charge in [-0.2, -0.15) is 0 Å². The number of aromatic nitrogens is 3. The SMILES string of the molecule is COCCn1c(N)c(N(Cc2ccccc2)C(=O)c2ccn(C)c2C)c(=O)[nH]c1=O. The third-order valence-corrected chi connectivity index (χ3v) is 5.05. The molecule has 2 heterocycles. The molecule has 2 aromatic heterocycles. The summed E-state index contributed by atoms with van der Waals surface area (Å²) < 4.78 is 8.04. The molecule has 0 bridgehead atoms. The van der Waals surface area contributed by atoms with Crippen LogP contribution in [0.1, 0.15) is 21.6 Å². The third kappa shape index (κ3) is 4.06. The quantitative estimate of drug-likeness (QED) is 0.607. The van der Waals surface area contributed by atoms with Gasteiger partial charge in [0, 0.05) is 26.0 Å². The van der Waals surface area contributed by atoms with Gasteiger partial charge in [-0.05, 0) is 18.6 Å². The normalized spacial score (nSPS) is 10.9. The lowest BCUT2D eigenvalue weighted by Gasteiger charge is -2.25. The summed E-state index contributed by atoms with van der Waals surface area (Å²) in [6.07, 6.45) is 1.77. The molecule has 1 amide bonds. The molecule has 0 spiro atoms. The topological polar surface area (TPSA) is 115 Å². The number of carbonyl (C=O) groups is 1. The van der Waals surface area contributed by atoms with Crippen molar-refractivity contribution in [3.63, 3.8) is 0 Å². The van der Waals surface area contributed by atoms with Crippen LogP contribution in [-0.2, 0) is 24.9 Å². The maximum absolute atomic E-state index is 13.5. The highest BCUT2D eigenvalue weighted by Gasteiger charge is 2.27. The van der Waals surface area contributed by atoms with Crippen LogP contribution < -0.4 is 21.9 Å². The number of H-pyrrole nitrogens is 1. The van der Waals surface area contributed by atoms with Gasteiger partial charge in [-0.25, -0.2) is 4.79 Å². The number of rotatable bonds is 7. The number of methoxy groups -OCH3 is 1. The minimum Gasteiger partial charge on any atom is -0.383 e. The lowest BCUT2D eigenvalue weighted by atomic mass is 10.1. The van der Waals surface area contributed by atoms with Crippen molar-refractivity contribution >= 4 is 17.4 Å². The fraction of sp³-hybridized carbons (Fsp3) is 0.286. The van der Waals surface area contributed by atoms with Crippen LogP contribution in [0.25, 0.3) is 0 Å². The van der Waals surface area contributed by atoms with Gasteiger partial charge < -0.3 is 15.0 Å². The smallest absolute Gasteiger partial charge is 0.330 e. The second-order valence-electron chi connectivity index (χ2n) is 6.94. The highest BCUT2D eigenvalue weighted by Crippen LogP contribution is 2.23. The van der Waals surface area contributed by atoms with Crippen molar-refractivity contribution in [2.24, 2.45) is 7.05 Å². The molecule has 0 fully saturated rings. The number of hydrogen-bond acceptors (Lipinski definition) is 5. The van der Waals surface area contributed by atoms with E-state index >= 15 is 0 Å². The zero-order valence-corrected chi connectivity index (χ0v) is 17.2. The van der Waals surface area contributed by atoms with Crippen molar-refractivity contribution < 1.29 is 9.53 Å². The van der Waals surface area contributed by atoms with Crippen molar-refractivity contribution in [2.45, 2.75) is 20.0 Å². The lowest BCUT2D eigenvalue weighted by molar-refractivity contribution is 0.0984. The number of nitrogens with one attached hydrogen (secondary N) is 1. The number of nitrogen functional groups attached to an aromatic ring is 1. The maximum Gasteiger partial charge on any atom is 0.330 e. The van der Waals surface area contributed by atoms with Gasteiger partial charge >= 0.3 is 5.69 Å². The average molecular weight is 411 g/mol. The number of ether oxygens (including phenoxy) is 1. The Balaban J connectivity index is 2.17. The zero-order valence-electron chi connectivity index (χ0n) is 17.2. The van der Waals surface area contributed by atoms with Crippen LogP contribution in [0.5, 0.6) is 0 Å². The highest BCUT2D eigenvalue weighted by atomic mass is 16.5. The summed E-state index contributed by atoms with van der Waals surface area (Å²) in [6, 6.07) is 11.0. The molecule has 0 unspecified atom stereocenters. The van der Waals surface area contributed by atoms with Crippen LogP contribution in [-0.4, -0.2) is 33.7 Å². The lowest BCUT2D eigenvalue weighted by Crippen LogP contribution is -2.41. The molecule has 30 heavy (non-hydrogen) atoms. The standard InChI is InChI=1S/C21H25N5O4/c1-14-16(9-10-24(14)2)20(28)26(13-15-7-5-4-6-8-15)17-18(22)25(11-12-30-3)21(29)23-19(17)27/h4-10H,11-13,22H2,1-3H3,(H,23,27,29). The van der Waals surface area contributed by atoms with E-state index in [-0.39, 0.29) is 37.1 Å². The van der Waals surface area contributed by atoms with E-state index in [0.29, 0.717) is 5.56 Å². The Morgan fingerprint density at radius 3 is 2.50 bits per heavy atom. The molecule has 3 N–H and O–H groups in total. The first-order valence-corrected chi connectivity index (χ1v) is 9.44. The fourth-order valence-corrected chi connectivity index (χ4v) is 3.24. The van der Waals surface area contributed by atoms with Gasteiger partial charge in [0.05, 0.1) is 25.3 Å². The van der Waals surface area contributed by atoms with E-state index in [2.05, 4.69) is 4.98 Å². The number of hydrogen-bond donors (Lipinski definition) is 2. The van der Waals surface area contributed by atoms with E-state index < -0.39 is 11.2 Å². The Morgan fingerprint density at radius 1 is 1.20 bits per heavy atom. The molecule has 0 radical (unpaired) electrons. The number of benzene rings is 1. The highest BCUT2D eigenvalue weighted by molar-refractivity contribution is 6.07. The molecule has 0 saturated carbocycles. The van der Waals surface area contributed by atoms with Crippen LogP contribution in [0.3, 0.4) is 0 Å². The van der Waals surface area contributed by atoms with Gasteiger partial charge in [-0.15, -0.1) is 0 Å². The number of anilines is 2. The Hall–Kier alpha value is -3.59. The van der Waals surface area contributed by atoms with E-state index in [4.69, 9.17) is 10.5 Å². The maximum atomic E-state index is 13.5. The van der Waals surface area contributed by atoms with Crippen molar-refractivity contribution in [3.05, 3.63) is 80.3 Å². The molecule has 0 atom stereocenters. The Kier molecular flexibility index (Phi) is 6.22. The minimum atomic E-state index is -0.718. The first kappa shape index (κ1) is 21.1. The van der Waals surface area contributed by atoms with Crippen molar-refractivity contribution in [1.82, 2.24) is 14.1 Å².